The minimum Gasteiger partial charge on any atom is -0.507 e. The summed E-state index contributed by atoms with van der Waals surface area (Å²) in [5.74, 6) is -0.535. The number of amides is 1. The van der Waals surface area contributed by atoms with Crippen molar-refractivity contribution >= 4 is 12.1 Å². The average Bonchev–Trinajstić information content (AvgIpc) is 2.76. The van der Waals surface area contributed by atoms with Crippen LogP contribution in [0.25, 0.3) is 0 Å². The molecule has 1 heterocycles. The first kappa shape index (κ1) is 26.0. The number of carbonyl (C=O) groups is 2. The van der Waals surface area contributed by atoms with E-state index in [0.29, 0.717) is 38.8 Å². The zero-order valence-electron chi connectivity index (χ0n) is 19.5. The summed E-state index contributed by atoms with van der Waals surface area (Å²) in [6, 6.07) is 5.09. The third kappa shape index (κ3) is 8.69. The number of nitrogens with one attached hydrogen (secondary N) is 1. The monoisotopic (exact) mass is 449 g/mol. The highest BCUT2D eigenvalue weighted by Crippen LogP contribution is 2.28. The van der Waals surface area contributed by atoms with Gasteiger partial charge in [-0.15, -0.1) is 0 Å². The number of hydrogen-bond acceptors (Lipinski definition) is 6. The van der Waals surface area contributed by atoms with Crippen molar-refractivity contribution in [2.24, 2.45) is 5.92 Å². The van der Waals surface area contributed by atoms with Crippen molar-refractivity contribution in [3.63, 3.8) is 0 Å². The van der Waals surface area contributed by atoms with Crippen LogP contribution >= 0.6 is 0 Å². The largest absolute Gasteiger partial charge is 0.507 e. The fourth-order valence-electron chi connectivity index (χ4n) is 4.03. The van der Waals surface area contributed by atoms with Gasteiger partial charge >= 0.3 is 12.1 Å². The number of hydrogen-bond donors (Lipinski definition) is 3. The molecule has 0 radical (unpaired) electrons. The van der Waals surface area contributed by atoms with Crippen LogP contribution in [-0.4, -0.2) is 47.6 Å². The predicted molar refractivity (Wildman–Crippen MR) is 123 cm³/mol. The van der Waals surface area contributed by atoms with Crippen molar-refractivity contribution in [2.75, 3.05) is 13.2 Å². The Morgan fingerprint density at radius 1 is 1.25 bits per heavy atom. The predicted octanol–water partition coefficient (Wildman–Crippen LogP) is 4.73. The van der Waals surface area contributed by atoms with Crippen LogP contribution in [-0.2, 0) is 15.9 Å². The molecule has 0 spiro atoms. The van der Waals surface area contributed by atoms with Crippen molar-refractivity contribution < 1.29 is 29.3 Å². The van der Waals surface area contributed by atoms with Gasteiger partial charge < -0.3 is 25.0 Å². The summed E-state index contributed by atoms with van der Waals surface area (Å²) >= 11 is 0. The van der Waals surface area contributed by atoms with Crippen molar-refractivity contribution in [1.29, 1.82) is 0 Å². The van der Waals surface area contributed by atoms with E-state index in [-0.39, 0.29) is 17.2 Å². The number of phenolic OH excluding ortho intramolecular Hbond substituents is 1. The molecule has 1 aromatic carbocycles. The number of aryl methyl sites for hydroxylation is 1. The molecular weight excluding hydrogens is 410 g/mol. The zero-order chi connectivity index (χ0) is 23.3. The topological polar surface area (TPSA) is 105 Å². The van der Waals surface area contributed by atoms with Crippen molar-refractivity contribution in [1.82, 2.24) is 5.32 Å². The molecule has 7 nitrogen and oxygen atoms in total. The summed E-state index contributed by atoms with van der Waals surface area (Å²) in [7, 11) is 0. The van der Waals surface area contributed by atoms with Gasteiger partial charge in [0.05, 0.1) is 12.7 Å². The molecular formula is C25H39NO6. The van der Waals surface area contributed by atoms with E-state index in [1.807, 2.05) is 13.0 Å². The number of fused-ring (bicyclic) bond motifs is 1. The quantitative estimate of drug-likeness (QED) is 0.391. The Balaban J connectivity index is 1.96. The maximum atomic E-state index is 12.9. The maximum Gasteiger partial charge on any atom is 0.407 e. The third-order valence-electron chi connectivity index (χ3n) is 6.08. The van der Waals surface area contributed by atoms with Crippen LogP contribution in [0.15, 0.2) is 18.2 Å². The number of unbranched alkanes of at least 4 members (excludes halogenated alkanes) is 2. The van der Waals surface area contributed by atoms with Gasteiger partial charge in [0.15, 0.2) is 0 Å². The summed E-state index contributed by atoms with van der Waals surface area (Å²) in [5.41, 5.74) is 1.00. The van der Waals surface area contributed by atoms with Gasteiger partial charge in [-0.2, -0.15) is 0 Å². The van der Waals surface area contributed by atoms with Gasteiger partial charge in [0.25, 0.3) is 0 Å². The lowest BCUT2D eigenvalue weighted by Crippen LogP contribution is -2.30. The molecule has 32 heavy (non-hydrogen) atoms. The summed E-state index contributed by atoms with van der Waals surface area (Å²) in [6.07, 6.45) is 6.22. The molecule has 0 fully saturated rings. The summed E-state index contributed by atoms with van der Waals surface area (Å²) in [4.78, 5) is 24.6. The van der Waals surface area contributed by atoms with E-state index in [4.69, 9.17) is 9.47 Å². The lowest BCUT2D eigenvalue weighted by molar-refractivity contribution is 0.00135. The number of benzene rings is 1. The van der Waals surface area contributed by atoms with E-state index in [0.717, 1.165) is 44.1 Å². The molecule has 0 bridgehead atoms. The van der Waals surface area contributed by atoms with Crippen LogP contribution in [0.2, 0.25) is 0 Å². The number of aliphatic hydroxyl groups is 1. The van der Waals surface area contributed by atoms with Crippen molar-refractivity contribution in [2.45, 2.75) is 90.3 Å². The number of cyclic esters (lactones) is 1. The van der Waals surface area contributed by atoms with Crippen LogP contribution in [0, 0.1) is 5.92 Å². The second-order valence-corrected chi connectivity index (χ2v) is 8.78. The fourth-order valence-corrected chi connectivity index (χ4v) is 4.03. The smallest absolute Gasteiger partial charge is 0.407 e. The Bertz CT molecular complexity index is 722. The normalized spacial score (nSPS) is 22.1. The molecule has 0 saturated heterocycles. The molecule has 180 valence electrons. The van der Waals surface area contributed by atoms with Gasteiger partial charge in [-0.3, -0.25) is 0 Å². The lowest BCUT2D eigenvalue weighted by Gasteiger charge is -2.26. The summed E-state index contributed by atoms with van der Waals surface area (Å²) in [5, 5.41) is 23.6. The Kier molecular flexibility index (Phi) is 11.4. The maximum absolute atomic E-state index is 12.9. The first-order chi connectivity index (χ1) is 15.4. The number of aliphatic hydroxyl groups excluding tert-OH is 1. The standard InChI is InChI=1S/C25H39NO6/c1-3-4-7-16-31-25(30)26-15-9-13-20-17-22(28)18(2)10-5-6-11-19-12-8-14-21(27)23(19)24(29)32-20/h8,12,14,18,20,22,27-28H,3-7,9-11,13,15-17H2,1-2H3,(H,26,30)/t18-,20?,22+/m0/s1. The highest BCUT2D eigenvalue weighted by Gasteiger charge is 2.26. The SMILES string of the molecule is CCCCCOC(=O)NCCCC1C[C@@H](O)[C@@H](C)CCCCc2cccc(O)c2C(=O)O1. The second kappa shape index (κ2) is 14.0. The van der Waals surface area contributed by atoms with Crippen LogP contribution in [0.3, 0.4) is 0 Å². The van der Waals surface area contributed by atoms with Gasteiger partial charge in [-0.05, 0) is 56.1 Å². The molecule has 1 aliphatic rings. The molecule has 7 heteroatoms. The van der Waals surface area contributed by atoms with Crippen LogP contribution in [0.4, 0.5) is 4.79 Å². The van der Waals surface area contributed by atoms with Gasteiger partial charge in [-0.1, -0.05) is 45.2 Å². The van der Waals surface area contributed by atoms with Crippen molar-refractivity contribution in [3.8, 4) is 5.75 Å². The Morgan fingerprint density at radius 3 is 2.84 bits per heavy atom. The molecule has 3 atom stereocenters. The molecule has 1 aliphatic heterocycles. The zero-order valence-corrected chi connectivity index (χ0v) is 19.5. The van der Waals surface area contributed by atoms with Crippen LogP contribution in [0.1, 0.15) is 87.6 Å². The number of aromatic hydroxyl groups is 1. The number of alkyl carbamates (subject to hydrolysis) is 1. The second-order valence-electron chi connectivity index (χ2n) is 8.78. The van der Waals surface area contributed by atoms with E-state index < -0.39 is 24.3 Å². The minimum atomic E-state index is -0.576. The molecule has 2 rings (SSSR count). The summed E-state index contributed by atoms with van der Waals surface area (Å²) in [6.45, 7) is 4.92. The van der Waals surface area contributed by atoms with E-state index in [1.54, 1.807) is 6.07 Å². The van der Waals surface area contributed by atoms with E-state index in [9.17, 15) is 19.8 Å². The first-order valence-electron chi connectivity index (χ1n) is 12.0. The third-order valence-corrected chi connectivity index (χ3v) is 6.08. The minimum absolute atomic E-state index is 0.0790. The van der Waals surface area contributed by atoms with E-state index in [2.05, 4.69) is 12.2 Å². The molecule has 0 aromatic heterocycles. The molecule has 1 unspecified atom stereocenters. The van der Waals surface area contributed by atoms with Gasteiger partial charge in [0, 0.05) is 13.0 Å². The molecule has 3 N–H and O–H groups in total. The van der Waals surface area contributed by atoms with E-state index in [1.165, 1.54) is 6.07 Å². The Morgan fingerprint density at radius 2 is 2.06 bits per heavy atom. The highest BCUT2D eigenvalue weighted by atomic mass is 16.6. The van der Waals surface area contributed by atoms with Gasteiger partial charge in [0.1, 0.15) is 17.4 Å². The van der Waals surface area contributed by atoms with Crippen molar-refractivity contribution in [3.05, 3.63) is 29.3 Å². The molecule has 1 aromatic rings. The van der Waals surface area contributed by atoms with Crippen LogP contribution in [0.5, 0.6) is 5.75 Å². The highest BCUT2D eigenvalue weighted by molar-refractivity contribution is 5.94. The number of esters is 1. The first-order valence-corrected chi connectivity index (χ1v) is 12.0. The van der Waals surface area contributed by atoms with Gasteiger partial charge in [0.2, 0.25) is 0 Å². The Hall–Kier alpha value is -2.28. The number of rotatable bonds is 8. The lowest BCUT2D eigenvalue weighted by atomic mass is 9.91. The molecule has 0 saturated carbocycles. The number of ether oxygens (including phenoxy) is 2. The van der Waals surface area contributed by atoms with Gasteiger partial charge in [-0.25, -0.2) is 9.59 Å². The van der Waals surface area contributed by atoms with Crippen LogP contribution < -0.4 is 5.32 Å². The Labute approximate surface area is 191 Å². The number of carbonyl (C=O) groups excluding carboxylic acids is 2. The average molecular weight is 450 g/mol. The number of phenols is 1. The van der Waals surface area contributed by atoms with E-state index >= 15 is 0 Å². The molecule has 1 amide bonds. The fraction of sp³-hybridized carbons (Fsp3) is 0.680. The molecule has 0 aliphatic carbocycles. The summed E-state index contributed by atoms with van der Waals surface area (Å²) < 4.78 is 10.9.